The number of nitrogens with zero attached hydrogens (tertiary/aromatic N) is 1. The van der Waals surface area contributed by atoms with E-state index in [9.17, 15) is 9.90 Å². The SMILES string of the molecule is CCNc1ccc(C(=O)N2CCC(C)(O)C2)c(C)c1. The molecule has 19 heavy (non-hydrogen) atoms. The predicted octanol–water partition coefficient (Wildman–Crippen LogP) is 2.02. The summed E-state index contributed by atoms with van der Waals surface area (Å²) in [5.41, 5.74) is 1.98. The van der Waals surface area contributed by atoms with Crippen LogP contribution >= 0.6 is 0 Å². The van der Waals surface area contributed by atoms with Crippen LogP contribution in [-0.4, -0.2) is 41.1 Å². The normalized spacial score (nSPS) is 22.6. The van der Waals surface area contributed by atoms with Gasteiger partial charge in [0.15, 0.2) is 0 Å². The van der Waals surface area contributed by atoms with E-state index in [1.807, 2.05) is 32.0 Å². The molecule has 0 saturated carbocycles. The summed E-state index contributed by atoms with van der Waals surface area (Å²) in [4.78, 5) is 14.2. The van der Waals surface area contributed by atoms with Crippen LogP contribution in [0.15, 0.2) is 18.2 Å². The first-order valence-electron chi connectivity index (χ1n) is 6.79. The molecule has 1 atom stereocenters. The highest BCUT2D eigenvalue weighted by Crippen LogP contribution is 2.24. The molecule has 4 heteroatoms. The summed E-state index contributed by atoms with van der Waals surface area (Å²) in [5.74, 6) is 0.0123. The van der Waals surface area contributed by atoms with Crippen molar-refractivity contribution in [2.24, 2.45) is 0 Å². The molecule has 0 spiro atoms. The monoisotopic (exact) mass is 262 g/mol. The van der Waals surface area contributed by atoms with Crippen molar-refractivity contribution >= 4 is 11.6 Å². The number of likely N-dealkylation sites (tertiary alicyclic amines) is 1. The number of anilines is 1. The van der Waals surface area contributed by atoms with Crippen molar-refractivity contribution in [3.8, 4) is 0 Å². The van der Waals surface area contributed by atoms with Gasteiger partial charge in [0, 0.05) is 30.9 Å². The second kappa shape index (κ2) is 5.21. The lowest BCUT2D eigenvalue weighted by Gasteiger charge is -2.20. The molecule has 0 aliphatic carbocycles. The van der Waals surface area contributed by atoms with Crippen LogP contribution in [0.4, 0.5) is 5.69 Å². The van der Waals surface area contributed by atoms with Gasteiger partial charge in [0.1, 0.15) is 0 Å². The first kappa shape index (κ1) is 13.9. The molecule has 0 radical (unpaired) electrons. The number of rotatable bonds is 3. The number of aryl methyl sites for hydroxylation is 1. The van der Waals surface area contributed by atoms with Gasteiger partial charge >= 0.3 is 0 Å². The van der Waals surface area contributed by atoms with E-state index >= 15 is 0 Å². The summed E-state index contributed by atoms with van der Waals surface area (Å²) in [7, 11) is 0. The zero-order valence-electron chi connectivity index (χ0n) is 11.9. The fraction of sp³-hybridized carbons (Fsp3) is 0.533. The number of hydrogen-bond acceptors (Lipinski definition) is 3. The molecule has 1 aromatic rings. The minimum absolute atomic E-state index is 0.0123. The number of carbonyl (C=O) groups is 1. The van der Waals surface area contributed by atoms with Crippen molar-refractivity contribution in [3.63, 3.8) is 0 Å². The van der Waals surface area contributed by atoms with Gasteiger partial charge < -0.3 is 15.3 Å². The van der Waals surface area contributed by atoms with Crippen LogP contribution in [0.5, 0.6) is 0 Å². The van der Waals surface area contributed by atoms with Crippen molar-refractivity contribution in [2.45, 2.75) is 32.8 Å². The van der Waals surface area contributed by atoms with Crippen LogP contribution in [0.25, 0.3) is 0 Å². The summed E-state index contributed by atoms with van der Waals surface area (Å²) in [6.07, 6.45) is 0.646. The van der Waals surface area contributed by atoms with Crippen molar-refractivity contribution in [1.29, 1.82) is 0 Å². The first-order chi connectivity index (χ1) is 8.93. The summed E-state index contributed by atoms with van der Waals surface area (Å²) in [6, 6.07) is 5.78. The number of amides is 1. The second-order valence-corrected chi connectivity index (χ2v) is 5.53. The van der Waals surface area contributed by atoms with Crippen LogP contribution in [0.1, 0.15) is 36.2 Å². The molecule has 1 amide bonds. The number of nitrogens with one attached hydrogen (secondary N) is 1. The standard InChI is InChI=1S/C15H22N2O2/c1-4-16-12-5-6-13(11(2)9-12)14(18)17-8-7-15(3,19)10-17/h5-6,9,16,19H,4,7-8,10H2,1-3H3. The molecule has 0 bridgehead atoms. The Kier molecular flexibility index (Phi) is 3.80. The zero-order chi connectivity index (χ0) is 14.0. The van der Waals surface area contributed by atoms with Gasteiger partial charge in [0.05, 0.1) is 5.60 Å². The largest absolute Gasteiger partial charge is 0.388 e. The van der Waals surface area contributed by atoms with Gasteiger partial charge in [-0.05, 0) is 51.0 Å². The number of β-amino-alcohol motifs (C(OH)–C–C–N with tert-alkyl or cyclic N) is 1. The fourth-order valence-electron chi connectivity index (χ4n) is 2.51. The van der Waals surface area contributed by atoms with Crippen LogP contribution in [0.3, 0.4) is 0 Å². The minimum atomic E-state index is -0.743. The minimum Gasteiger partial charge on any atom is -0.388 e. The van der Waals surface area contributed by atoms with Crippen molar-refractivity contribution in [3.05, 3.63) is 29.3 Å². The summed E-state index contributed by atoms with van der Waals surface area (Å²) < 4.78 is 0. The van der Waals surface area contributed by atoms with Gasteiger partial charge in [0.2, 0.25) is 0 Å². The maximum atomic E-state index is 12.4. The fourth-order valence-corrected chi connectivity index (χ4v) is 2.51. The number of carbonyl (C=O) groups excluding carboxylic acids is 1. The van der Waals surface area contributed by atoms with Crippen LogP contribution in [0, 0.1) is 6.92 Å². The van der Waals surface area contributed by atoms with Crippen LogP contribution in [-0.2, 0) is 0 Å². The molecule has 0 aromatic heterocycles. The summed E-state index contributed by atoms with van der Waals surface area (Å²) in [6.45, 7) is 7.67. The Morgan fingerprint density at radius 1 is 1.53 bits per heavy atom. The quantitative estimate of drug-likeness (QED) is 0.876. The lowest BCUT2D eigenvalue weighted by molar-refractivity contribution is 0.0571. The van der Waals surface area contributed by atoms with Gasteiger partial charge in [-0.15, -0.1) is 0 Å². The Hall–Kier alpha value is -1.55. The number of benzene rings is 1. The lowest BCUT2D eigenvalue weighted by Crippen LogP contribution is -2.34. The van der Waals surface area contributed by atoms with Crippen molar-refractivity contribution < 1.29 is 9.90 Å². The van der Waals surface area contributed by atoms with Crippen molar-refractivity contribution in [1.82, 2.24) is 4.90 Å². The van der Waals surface area contributed by atoms with Gasteiger partial charge in [-0.2, -0.15) is 0 Å². The van der Waals surface area contributed by atoms with E-state index in [1.54, 1.807) is 11.8 Å². The Balaban J connectivity index is 2.16. The molecule has 4 nitrogen and oxygen atoms in total. The Morgan fingerprint density at radius 2 is 2.26 bits per heavy atom. The average molecular weight is 262 g/mol. The maximum Gasteiger partial charge on any atom is 0.254 e. The van der Waals surface area contributed by atoms with Crippen LogP contribution < -0.4 is 5.32 Å². The maximum absolute atomic E-state index is 12.4. The van der Waals surface area contributed by atoms with E-state index < -0.39 is 5.60 Å². The molecule has 1 aliphatic rings. The van der Waals surface area contributed by atoms with Crippen LogP contribution in [0.2, 0.25) is 0 Å². The Labute approximate surface area is 114 Å². The molecule has 104 valence electrons. The molecular formula is C15H22N2O2. The predicted molar refractivity (Wildman–Crippen MR) is 76.5 cm³/mol. The second-order valence-electron chi connectivity index (χ2n) is 5.53. The highest BCUT2D eigenvalue weighted by Gasteiger charge is 2.34. The van der Waals surface area contributed by atoms with E-state index in [1.165, 1.54) is 0 Å². The van der Waals surface area contributed by atoms with Gasteiger partial charge in [-0.1, -0.05) is 0 Å². The molecule has 1 heterocycles. The third-order valence-electron chi connectivity index (χ3n) is 3.58. The highest BCUT2D eigenvalue weighted by atomic mass is 16.3. The molecule has 1 unspecified atom stereocenters. The highest BCUT2D eigenvalue weighted by molar-refractivity contribution is 5.96. The first-order valence-corrected chi connectivity index (χ1v) is 6.79. The molecular weight excluding hydrogens is 240 g/mol. The van der Waals surface area contributed by atoms with E-state index in [4.69, 9.17) is 0 Å². The molecule has 2 rings (SSSR count). The third-order valence-corrected chi connectivity index (χ3v) is 3.58. The Morgan fingerprint density at radius 3 is 2.79 bits per heavy atom. The number of hydrogen-bond donors (Lipinski definition) is 2. The summed E-state index contributed by atoms with van der Waals surface area (Å²) in [5, 5.41) is 13.2. The van der Waals surface area contributed by atoms with E-state index in [-0.39, 0.29) is 5.91 Å². The smallest absolute Gasteiger partial charge is 0.254 e. The molecule has 2 N–H and O–H groups in total. The molecule has 1 aromatic carbocycles. The van der Waals surface area contributed by atoms with Gasteiger partial charge in [-0.3, -0.25) is 4.79 Å². The van der Waals surface area contributed by atoms with E-state index in [0.717, 1.165) is 23.4 Å². The van der Waals surface area contributed by atoms with Crippen molar-refractivity contribution in [2.75, 3.05) is 25.0 Å². The lowest BCUT2D eigenvalue weighted by atomic mass is 10.1. The third kappa shape index (κ3) is 3.07. The van der Waals surface area contributed by atoms with E-state index in [0.29, 0.717) is 19.5 Å². The average Bonchev–Trinajstić information content (AvgIpc) is 2.70. The van der Waals surface area contributed by atoms with Gasteiger partial charge in [0.25, 0.3) is 5.91 Å². The summed E-state index contributed by atoms with van der Waals surface area (Å²) >= 11 is 0. The molecule has 1 aliphatic heterocycles. The van der Waals surface area contributed by atoms with E-state index in [2.05, 4.69) is 5.32 Å². The Bertz CT molecular complexity index is 483. The molecule has 1 fully saturated rings. The van der Waals surface area contributed by atoms with Gasteiger partial charge in [-0.25, -0.2) is 0 Å². The number of aliphatic hydroxyl groups is 1. The molecule has 1 saturated heterocycles. The topological polar surface area (TPSA) is 52.6 Å². The zero-order valence-corrected chi connectivity index (χ0v) is 11.9.